The highest BCUT2D eigenvalue weighted by molar-refractivity contribution is 9.10. The quantitative estimate of drug-likeness (QED) is 0.918. The second-order valence-corrected chi connectivity index (χ2v) is 7.30. The van der Waals surface area contributed by atoms with E-state index < -0.39 is 10.0 Å². The smallest absolute Gasteiger partial charge is 0.243 e. The van der Waals surface area contributed by atoms with Gasteiger partial charge in [-0.3, -0.25) is 0 Å². The summed E-state index contributed by atoms with van der Waals surface area (Å²) in [5, 5.41) is 3.15. The molecule has 1 aromatic carbocycles. The van der Waals surface area contributed by atoms with E-state index in [1.807, 2.05) is 13.1 Å². The Hall–Kier alpha value is -0.430. The lowest BCUT2D eigenvalue weighted by molar-refractivity contribution is 0.293. The molecule has 0 bridgehead atoms. The minimum atomic E-state index is -3.36. The number of sulfonamides is 1. The summed E-state index contributed by atoms with van der Waals surface area (Å²) >= 11 is 3.31. The molecule has 1 saturated heterocycles. The Balaban J connectivity index is 2.25. The Morgan fingerprint density at radius 1 is 1.44 bits per heavy atom. The van der Waals surface area contributed by atoms with Gasteiger partial charge in [0.05, 0.1) is 4.90 Å². The van der Waals surface area contributed by atoms with E-state index >= 15 is 0 Å². The van der Waals surface area contributed by atoms with Gasteiger partial charge in [0.1, 0.15) is 0 Å². The number of piperidine rings is 1. The third kappa shape index (κ3) is 2.93. The van der Waals surface area contributed by atoms with Gasteiger partial charge in [-0.25, -0.2) is 8.42 Å². The van der Waals surface area contributed by atoms with Crippen LogP contribution in [0.5, 0.6) is 0 Å². The molecule has 2 rings (SSSR count). The molecule has 100 valence electrons. The first-order valence-corrected chi connectivity index (χ1v) is 8.20. The lowest BCUT2D eigenvalue weighted by atomic mass is 10.1. The molecule has 0 saturated carbocycles. The first-order chi connectivity index (χ1) is 8.54. The van der Waals surface area contributed by atoms with Crippen LogP contribution in [0.15, 0.2) is 33.6 Å². The van der Waals surface area contributed by atoms with Crippen LogP contribution < -0.4 is 5.32 Å². The van der Waals surface area contributed by atoms with Gasteiger partial charge in [-0.2, -0.15) is 4.31 Å². The van der Waals surface area contributed by atoms with Crippen LogP contribution in [-0.2, 0) is 10.0 Å². The zero-order valence-electron chi connectivity index (χ0n) is 10.3. The molecule has 6 heteroatoms. The number of halogens is 1. The van der Waals surface area contributed by atoms with E-state index in [2.05, 4.69) is 21.2 Å². The third-order valence-corrected chi connectivity index (χ3v) is 5.58. The molecular formula is C12H17BrN2O2S. The fraction of sp³-hybridized carbons (Fsp3) is 0.500. The van der Waals surface area contributed by atoms with Crippen LogP contribution in [0.25, 0.3) is 0 Å². The van der Waals surface area contributed by atoms with E-state index in [1.54, 1.807) is 22.5 Å². The Morgan fingerprint density at radius 3 is 2.89 bits per heavy atom. The second-order valence-electron chi connectivity index (χ2n) is 4.45. The zero-order valence-corrected chi connectivity index (χ0v) is 12.7. The van der Waals surface area contributed by atoms with Crippen molar-refractivity contribution in [2.75, 3.05) is 20.1 Å². The highest BCUT2D eigenvalue weighted by atomic mass is 79.9. The van der Waals surface area contributed by atoms with E-state index in [4.69, 9.17) is 0 Å². The van der Waals surface area contributed by atoms with Crippen LogP contribution in [-0.4, -0.2) is 38.9 Å². The molecule has 1 heterocycles. The maximum atomic E-state index is 12.5. The summed E-state index contributed by atoms with van der Waals surface area (Å²) in [6.07, 6.45) is 1.93. The van der Waals surface area contributed by atoms with Crippen LogP contribution in [0.2, 0.25) is 0 Å². The zero-order chi connectivity index (χ0) is 13.2. The monoisotopic (exact) mass is 332 g/mol. The first-order valence-electron chi connectivity index (χ1n) is 5.97. The van der Waals surface area contributed by atoms with Crippen molar-refractivity contribution in [3.05, 3.63) is 28.7 Å². The predicted molar refractivity (Wildman–Crippen MR) is 75.0 cm³/mol. The van der Waals surface area contributed by atoms with Crippen molar-refractivity contribution in [2.24, 2.45) is 0 Å². The number of nitrogens with one attached hydrogen (secondary N) is 1. The molecule has 1 aliphatic heterocycles. The van der Waals surface area contributed by atoms with Gasteiger partial charge in [0.15, 0.2) is 0 Å². The van der Waals surface area contributed by atoms with Gasteiger partial charge in [0, 0.05) is 23.6 Å². The summed E-state index contributed by atoms with van der Waals surface area (Å²) in [7, 11) is -1.49. The first kappa shape index (κ1) is 14.0. The molecular weight excluding hydrogens is 316 g/mol. The molecule has 0 amide bonds. The molecule has 1 atom stereocenters. The number of hydrogen-bond acceptors (Lipinski definition) is 3. The van der Waals surface area contributed by atoms with Crippen LogP contribution in [0.3, 0.4) is 0 Å². The lowest BCUT2D eigenvalue weighted by Crippen LogP contribution is -2.46. The van der Waals surface area contributed by atoms with E-state index in [0.29, 0.717) is 18.0 Å². The van der Waals surface area contributed by atoms with Crippen molar-refractivity contribution in [1.82, 2.24) is 9.62 Å². The Labute approximate surface area is 117 Å². The summed E-state index contributed by atoms with van der Waals surface area (Å²) < 4.78 is 27.3. The summed E-state index contributed by atoms with van der Waals surface area (Å²) in [5.74, 6) is 0. The topological polar surface area (TPSA) is 49.4 Å². The number of rotatable bonds is 3. The van der Waals surface area contributed by atoms with Crippen molar-refractivity contribution in [1.29, 1.82) is 0 Å². The van der Waals surface area contributed by atoms with Crippen LogP contribution in [0, 0.1) is 0 Å². The van der Waals surface area contributed by atoms with Gasteiger partial charge in [-0.05, 0) is 38.1 Å². The average Bonchev–Trinajstić information content (AvgIpc) is 2.39. The minimum Gasteiger partial charge on any atom is -0.316 e. The molecule has 0 spiro atoms. The van der Waals surface area contributed by atoms with Gasteiger partial charge in [0.2, 0.25) is 10.0 Å². The van der Waals surface area contributed by atoms with Gasteiger partial charge in [0.25, 0.3) is 0 Å². The maximum Gasteiger partial charge on any atom is 0.243 e. The van der Waals surface area contributed by atoms with Crippen molar-refractivity contribution < 1.29 is 8.42 Å². The molecule has 0 aromatic heterocycles. The lowest BCUT2D eigenvalue weighted by Gasteiger charge is -2.31. The molecule has 4 nitrogen and oxygen atoms in total. The number of likely N-dealkylation sites (N-methyl/N-ethyl adjacent to an activating group) is 1. The molecule has 1 N–H and O–H groups in total. The summed E-state index contributed by atoms with van der Waals surface area (Å²) in [5.41, 5.74) is 0. The Kier molecular flexibility index (Phi) is 4.42. The molecule has 18 heavy (non-hydrogen) atoms. The van der Waals surface area contributed by atoms with Crippen LogP contribution in [0.1, 0.15) is 12.8 Å². The molecule has 0 unspecified atom stereocenters. The molecule has 1 fully saturated rings. The van der Waals surface area contributed by atoms with Crippen molar-refractivity contribution in [2.45, 2.75) is 23.8 Å². The highest BCUT2D eigenvalue weighted by Gasteiger charge is 2.29. The average molecular weight is 333 g/mol. The van der Waals surface area contributed by atoms with Gasteiger partial charge < -0.3 is 5.32 Å². The number of hydrogen-bond donors (Lipinski definition) is 1. The van der Waals surface area contributed by atoms with E-state index in [-0.39, 0.29) is 6.04 Å². The second kappa shape index (κ2) is 5.69. The van der Waals surface area contributed by atoms with E-state index in [0.717, 1.165) is 17.3 Å². The van der Waals surface area contributed by atoms with Gasteiger partial charge in [-0.1, -0.05) is 22.0 Å². The summed E-state index contributed by atoms with van der Waals surface area (Å²) in [6, 6.07) is 7.12. The van der Waals surface area contributed by atoms with Crippen LogP contribution >= 0.6 is 15.9 Å². The highest BCUT2D eigenvalue weighted by Crippen LogP contribution is 2.23. The minimum absolute atomic E-state index is 0.251. The van der Waals surface area contributed by atoms with Gasteiger partial charge in [-0.15, -0.1) is 0 Å². The fourth-order valence-electron chi connectivity index (χ4n) is 2.17. The third-order valence-electron chi connectivity index (χ3n) is 3.23. The van der Waals surface area contributed by atoms with E-state index in [1.165, 1.54) is 0 Å². The normalized spacial score (nSPS) is 22.0. The van der Waals surface area contributed by atoms with Crippen molar-refractivity contribution in [3.63, 3.8) is 0 Å². The van der Waals surface area contributed by atoms with Crippen LogP contribution in [0.4, 0.5) is 0 Å². The Morgan fingerprint density at radius 2 is 2.22 bits per heavy atom. The van der Waals surface area contributed by atoms with Gasteiger partial charge >= 0.3 is 0 Å². The molecule has 0 aliphatic carbocycles. The fourth-order valence-corrected chi connectivity index (χ4v) is 4.29. The molecule has 1 aromatic rings. The maximum absolute atomic E-state index is 12.5. The van der Waals surface area contributed by atoms with Crippen molar-refractivity contribution in [3.8, 4) is 0 Å². The summed E-state index contributed by atoms with van der Waals surface area (Å²) in [4.78, 5) is 0.355. The van der Waals surface area contributed by atoms with Crippen molar-refractivity contribution >= 4 is 26.0 Å². The largest absolute Gasteiger partial charge is 0.316 e. The SMILES string of the molecule is CN[C@@H]1CCCN(S(=O)(=O)c2cccc(Br)c2)C1. The predicted octanol–water partition coefficient (Wildman–Crippen LogP) is 1.82. The summed E-state index contributed by atoms with van der Waals surface area (Å²) in [6.45, 7) is 1.15. The van der Waals surface area contributed by atoms with E-state index in [9.17, 15) is 8.42 Å². The number of benzene rings is 1. The molecule has 1 aliphatic rings. The standard InChI is InChI=1S/C12H17BrN2O2S/c1-14-11-5-3-7-15(9-11)18(16,17)12-6-2-4-10(13)8-12/h2,4,6,8,11,14H,3,5,7,9H2,1H3/t11-/m1/s1. The Bertz CT molecular complexity index is 519. The molecule has 0 radical (unpaired) electrons. The number of nitrogens with zero attached hydrogens (tertiary/aromatic N) is 1.